The summed E-state index contributed by atoms with van der Waals surface area (Å²) in [5, 5.41) is 2.78. The number of sulfonamides is 1. The molecule has 1 atom stereocenters. The van der Waals surface area contributed by atoms with Crippen molar-refractivity contribution in [3.05, 3.63) is 125 Å². The fourth-order valence-corrected chi connectivity index (χ4v) is 6.34. The summed E-state index contributed by atoms with van der Waals surface area (Å²) >= 11 is 6.39. The number of benzene rings is 4. The molecule has 230 valence electrons. The molecule has 0 aliphatic rings. The van der Waals surface area contributed by atoms with Gasteiger partial charge in [-0.1, -0.05) is 71.8 Å². The fourth-order valence-electron chi connectivity index (χ4n) is 4.68. The number of carbonyl (C=O) groups is 2. The molecular weight excluding hydrogens is 605 g/mol. The Labute approximate surface area is 262 Å². The zero-order valence-electron chi connectivity index (χ0n) is 24.5. The predicted molar refractivity (Wildman–Crippen MR) is 169 cm³/mol. The van der Waals surface area contributed by atoms with Crippen molar-refractivity contribution in [2.24, 2.45) is 0 Å². The third kappa shape index (κ3) is 7.75. The molecule has 0 saturated heterocycles. The number of likely N-dealkylation sites (N-methyl/N-ethyl adjacent to an activating group) is 1. The lowest BCUT2D eigenvalue weighted by Gasteiger charge is -2.33. The van der Waals surface area contributed by atoms with Gasteiger partial charge in [-0.05, 0) is 60.5 Å². The van der Waals surface area contributed by atoms with Gasteiger partial charge in [0.05, 0.1) is 22.7 Å². The number of amides is 2. The van der Waals surface area contributed by atoms with Crippen LogP contribution in [0.3, 0.4) is 0 Å². The first-order valence-corrected chi connectivity index (χ1v) is 15.6. The van der Waals surface area contributed by atoms with Crippen LogP contribution in [-0.2, 0) is 32.6 Å². The number of aryl methyl sites for hydroxylation is 1. The molecule has 1 N–H and O–H groups in total. The van der Waals surface area contributed by atoms with E-state index in [1.165, 1.54) is 73.7 Å². The summed E-state index contributed by atoms with van der Waals surface area (Å²) in [6, 6.07) is 24.4. The first kappa shape index (κ1) is 32.5. The molecule has 0 fully saturated rings. The molecule has 0 unspecified atom stereocenters. The lowest BCUT2D eigenvalue weighted by Crippen LogP contribution is -2.53. The molecule has 44 heavy (non-hydrogen) atoms. The SMILES string of the molecule is CNC(=O)[C@H](Cc1ccccc1)N(Cc1ccc(F)cc1)C(=O)CN(c1ccc(OC)c(Cl)c1)S(=O)(=O)c1ccc(C)cc1. The Hall–Kier alpha value is -4.41. The van der Waals surface area contributed by atoms with E-state index in [-0.39, 0.29) is 28.6 Å². The van der Waals surface area contributed by atoms with E-state index in [0.29, 0.717) is 11.3 Å². The molecule has 0 aliphatic heterocycles. The highest BCUT2D eigenvalue weighted by Crippen LogP contribution is 2.32. The Morgan fingerprint density at radius 3 is 2.18 bits per heavy atom. The van der Waals surface area contributed by atoms with Gasteiger partial charge in [0, 0.05) is 20.0 Å². The molecule has 2 amide bonds. The van der Waals surface area contributed by atoms with Gasteiger partial charge in [0.25, 0.3) is 10.0 Å². The van der Waals surface area contributed by atoms with Crippen LogP contribution in [0.1, 0.15) is 16.7 Å². The highest BCUT2D eigenvalue weighted by atomic mass is 35.5. The van der Waals surface area contributed by atoms with Crippen molar-refractivity contribution in [3.63, 3.8) is 0 Å². The summed E-state index contributed by atoms with van der Waals surface area (Å²) in [6.07, 6.45) is 0.159. The number of anilines is 1. The summed E-state index contributed by atoms with van der Waals surface area (Å²) in [6.45, 7) is 1.11. The van der Waals surface area contributed by atoms with E-state index in [9.17, 15) is 22.4 Å². The summed E-state index contributed by atoms with van der Waals surface area (Å²) < 4.78 is 48.1. The van der Waals surface area contributed by atoms with Crippen molar-refractivity contribution in [1.82, 2.24) is 10.2 Å². The number of carbonyl (C=O) groups excluding carboxylic acids is 2. The first-order valence-electron chi connectivity index (χ1n) is 13.8. The molecule has 8 nitrogen and oxygen atoms in total. The zero-order chi connectivity index (χ0) is 31.9. The second kappa shape index (κ2) is 14.4. The van der Waals surface area contributed by atoms with E-state index in [0.717, 1.165) is 15.4 Å². The average molecular weight is 638 g/mol. The van der Waals surface area contributed by atoms with Crippen molar-refractivity contribution in [3.8, 4) is 5.75 Å². The van der Waals surface area contributed by atoms with Gasteiger partial charge in [-0.3, -0.25) is 13.9 Å². The van der Waals surface area contributed by atoms with Crippen molar-refractivity contribution in [2.75, 3.05) is 25.0 Å². The van der Waals surface area contributed by atoms with Crippen LogP contribution in [0.15, 0.2) is 102 Å². The third-order valence-corrected chi connectivity index (χ3v) is 9.18. The number of halogens is 2. The molecule has 0 radical (unpaired) electrons. The van der Waals surface area contributed by atoms with Gasteiger partial charge in [-0.15, -0.1) is 0 Å². The van der Waals surface area contributed by atoms with Crippen LogP contribution in [0.5, 0.6) is 5.75 Å². The Kier molecular flexibility index (Phi) is 10.6. The fraction of sp³-hybridized carbons (Fsp3) is 0.212. The number of ether oxygens (including phenoxy) is 1. The topological polar surface area (TPSA) is 96.0 Å². The van der Waals surface area contributed by atoms with Crippen LogP contribution >= 0.6 is 11.6 Å². The van der Waals surface area contributed by atoms with E-state index in [4.69, 9.17) is 16.3 Å². The Morgan fingerprint density at radius 1 is 0.932 bits per heavy atom. The van der Waals surface area contributed by atoms with E-state index in [1.807, 2.05) is 37.3 Å². The van der Waals surface area contributed by atoms with Gasteiger partial charge in [0.1, 0.15) is 24.2 Å². The third-order valence-electron chi connectivity index (χ3n) is 7.09. The number of nitrogens with one attached hydrogen (secondary N) is 1. The molecule has 0 aromatic heterocycles. The molecule has 4 rings (SSSR count). The van der Waals surface area contributed by atoms with Crippen LogP contribution in [0.2, 0.25) is 5.02 Å². The molecule has 4 aromatic carbocycles. The minimum Gasteiger partial charge on any atom is -0.495 e. The molecule has 0 saturated carbocycles. The Bertz CT molecular complexity index is 1700. The molecule has 11 heteroatoms. The van der Waals surface area contributed by atoms with Gasteiger partial charge in [0.15, 0.2) is 0 Å². The van der Waals surface area contributed by atoms with Crippen molar-refractivity contribution in [2.45, 2.75) is 30.8 Å². The lowest BCUT2D eigenvalue weighted by atomic mass is 10.0. The maximum absolute atomic E-state index is 14.3. The number of hydrogen-bond donors (Lipinski definition) is 1. The maximum Gasteiger partial charge on any atom is 0.264 e. The number of hydrogen-bond acceptors (Lipinski definition) is 5. The standard InChI is InChI=1S/C33H33ClFN3O5S/c1-23-9-16-28(17-10-23)44(41,42)38(27-15-18-31(43-3)29(34)20-27)22-32(39)37(21-25-11-13-26(35)14-12-25)30(33(40)36-2)19-24-7-5-4-6-8-24/h4-18,20,30H,19,21-22H2,1-3H3,(H,36,40)/t30-/m0/s1. The summed E-state index contributed by atoms with van der Waals surface area (Å²) in [7, 11) is -1.39. The van der Waals surface area contributed by atoms with Crippen LogP contribution in [0, 0.1) is 12.7 Å². The second-order valence-electron chi connectivity index (χ2n) is 10.1. The monoisotopic (exact) mass is 637 g/mol. The minimum atomic E-state index is -4.29. The van der Waals surface area contributed by atoms with Gasteiger partial charge in [0.2, 0.25) is 11.8 Å². The molecule has 0 aliphatic carbocycles. The summed E-state index contributed by atoms with van der Waals surface area (Å²) in [5.74, 6) is -1.22. The first-order chi connectivity index (χ1) is 21.0. The quantitative estimate of drug-likeness (QED) is 0.225. The van der Waals surface area contributed by atoms with E-state index < -0.39 is 40.2 Å². The van der Waals surface area contributed by atoms with E-state index in [2.05, 4.69) is 5.32 Å². The molecule has 0 heterocycles. The number of nitrogens with zero attached hydrogens (tertiary/aromatic N) is 2. The van der Waals surface area contributed by atoms with Gasteiger partial charge in [-0.2, -0.15) is 0 Å². The molecule has 0 bridgehead atoms. The summed E-state index contributed by atoms with van der Waals surface area (Å²) in [5.41, 5.74) is 2.34. The van der Waals surface area contributed by atoms with Crippen LogP contribution in [0.4, 0.5) is 10.1 Å². The minimum absolute atomic E-state index is 0.0277. The maximum atomic E-state index is 14.3. The number of rotatable bonds is 12. The van der Waals surface area contributed by atoms with E-state index >= 15 is 0 Å². The predicted octanol–water partition coefficient (Wildman–Crippen LogP) is 5.38. The van der Waals surface area contributed by atoms with Crippen LogP contribution in [0.25, 0.3) is 0 Å². The second-order valence-corrected chi connectivity index (χ2v) is 12.4. The average Bonchev–Trinajstić information content (AvgIpc) is 3.02. The molecule has 0 spiro atoms. The Balaban J connectivity index is 1.80. The highest BCUT2D eigenvalue weighted by Gasteiger charge is 2.34. The normalized spacial score (nSPS) is 11.8. The summed E-state index contributed by atoms with van der Waals surface area (Å²) in [4.78, 5) is 28.9. The number of methoxy groups -OCH3 is 1. The highest BCUT2D eigenvalue weighted by molar-refractivity contribution is 7.92. The van der Waals surface area contributed by atoms with Crippen molar-refractivity contribution >= 4 is 39.1 Å². The van der Waals surface area contributed by atoms with Gasteiger partial charge in [-0.25, -0.2) is 12.8 Å². The smallest absolute Gasteiger partial charge is 0.264 e. The Morgan fingerprint density at radius 2 is 1.59 bits per heavy atom. The lowest BCUT2D eigenvalue weighted by molar-refractivity contribution is -0.139. The van der Waals surface area contributed by atoms with Crippen LogP contribution < -0.4 is 14.4 Å². The van der Waals surface area contributed by atoms with Gasteiger partial charge < -0.3 is 15.0 Å². The van der Waals surface area contributed by atoms with Crippen molar-refractivity contribution < 1.29 is 27.1 Å². The van der Waals surface area contributed by atoms with Gasteiger partial charge >= 0.3 is 0 Å². The van der Waals surface area contributed by atoms with Crippen LogP contribution in [-0.4, -0.2) is 51.9 Å². The molecular formula is C33H33ClFN3O5S. The largest absolute Gasteiger partial charge is 0.495 e. The van der Waals surface area contributed by atoms with Crippen molar-refractivity contribution in [1.29, 1.82) is 0 Å². The zero-order valence-corrected chi connectivity index (χ0v) is 26.1. The molecule has 4 aromatic rings. The van der Waals surface area contributed by atoms with E-state index in [1.54, 1.807) is 12.1 Å².